The smallest absolute Gasteiger partial charge is 0.120 e. The SMILES string of the molecule is Cc1ccc(OC2(CCNC3CC3)CCC2)cc1. The average molecular weight is 245 g/mol. The molecular weight excluding hydrogens is 222 g/mol. The molecular formula is C16H23NO. The highest BCUT2D eigenvalue weighted by Gasteiger charge is 2.39. The van der Waals surface area contributed by atoms with Gasteiger partial charge in [0.05, 0.1) is 0 Å². The van der Waals surface area contributed by atoms with E-state index in [9.17, 15) is 0 Å². The van der Waals surface area contributed by atoms with Crippen LogP contribution in [-0.2, 0) is 0 Å². The summed E-state index contributed by atoms with van der Waals surface area (Å²) in [6, 6.07) is 9.27. The van der Waals surface area contributed by atoms with Crippen molar-refractivity contribution >= 4 is 0 Å². The number of nitrogens with one attached hydrogen (secondary N) is 1. The summed E-state index contributed by atoms with van der Waals surface area (Å²) < 4.78 is 6.26. The summed E-state index contributed by atoms with van der Waals surface area (Å²) in [7, 11) is 0. The maximum atomic E-state index is 6.26. The first kappa shape index (κ1) is 12.0. The molecule has 3 rings (SSSR count). The van der Waals surface area contributed by atoms with Crippen molar-refractivity contribution in [2.45, 2.75) is 57.1 Å². The van der Waals surface area contributed by atoms with E-state index in [1.807, 2.05) is 0 Å². The van der Waals surface area contributed by atoms with Crippen LogP contribution < -0.4 is 10.1 Å². The molecule has 0 saturated heterocycles. The summed E-state index contributed by atoms with van der Waals surface area (Å²) in [5.41, 5.74) is 1.41. The Hall–Kier alpha value is -1.02. The van der Waals surface area contributed by atoms with Gasteiger partial charge in [0.25, 0.3) is 0 Å². The molecule has 0 unspecified atom stereocenters. The van der Waals surface area contributed by atoms with Crippen LogP contribution in [0.1, 0.15) is 44.1 Å². The van der Waals surface area contributed by atoms with Gasteiger partial charge >= 0.3 is 0 Å². The largest absolute Gasteiger partial charge is 0.487 e. The molecule has 1 N–H and O–H groups in total. The number of ether oxygens (including phenoxy) is 1. The van der Waals surface area contributed by atoms with Crippen molar-refractivity contribution in [1.29, 1.82) is 0 Å². The molecule has 2 aliphatic carbocycles. The molecule has 0 spiro atoms. The van der Waals surface area contributed by atoms with Gasteiger partial charge in [-0.1, -0.05) is 17.7 Å². The molecule has 0 amide bonds. The van der Waals surface area contributed by atoms with Crippen LogP contribution in [-0.4, -0.2) is 18.2 Å². The van der Waals surface area contributed by atoms with Crippen molar-refractivity contribution in [2.24, 2.45) is 0 Å². The standard InChI is InChI=1S/C16H23NO/c1-13-3-7-15(8-4-13)18-16(9-2-10-16)11-12-17-14-5-6-14/h3-4,7-8,14,17H,2,5-6,9-12H2,1H3. The van der Waals surface area contributed by atoms with Gasteiger partial charge in [0.15, 0.2) is 0 Å². The number of rotatable bonds is 6. The van der Waals surface area contributed by atoms with E-state index in [2.05, 4.69) is 36.5 Å². The van der Waals surface area contributed by atoms with Crippen LogP contribution in [0.2, 0.25) is 0 Å². The summed E-state index contributed by atoms with van der Waals surface area (Å²) in [6.07, 6.45) is 7.63. The normalized spacial score (nSPS) is 21.4. The maximum Gasteiger partial charge on any atom is 0.120 e. The van der Waals surface area contributed by atoms with Crippen molar-refractivity contribution in [1.82, 2.24) is 5.32 Å². The highest BCUT2D eigenvalue weighted by molar-refractivity contribution is 5.27. The van der Waals surface area contributed by atoms with Crippen LogP contribution in [0.5, 0.6) is 5.75 Å². The third-order valence-electron chi connectivity index (χ3n) is 4.21. The zero-order valence-electron chi connectivity index (χ0n) is 11.2. The molecule has 2 heteroatoms. The van der Waals surface area contributed by atoms with Crippen molar-refractivity contribution in [3.8, 4) is 5.75 Å². The van der Waals surface area contributed by atoms with E-state index in [-0.39, 0.29) is 5.60 Å². The summed E-state index contributed by atoms with van der Waals surface area (Å²) in [6.45, 7) is 3.22. The lowest BCUT2D eigenvalue weighted by atomic mass is 9.77. The predicted octanol–water partition coefficient (Wildman–Crippen LogP) is 3.44. The third kappa shape index (κ3) is 2.86. The highest BCUT2D eigenvalue weighted by Crippen LogP contribution is 2.39. The number of benzene rings is 1. The van der Waals surface area contributed by atoms with Crippen LogP contribution in [0, 0.1) is 6.92 Å². The van der Waals surface area contributed by atoms with Crippen molar-refractivity contribution < 1.29 is 4.74 Å². The summed E-state index contributed by atoms with van der Waals surface area (Å²) in [5, 5.41) is 3.60. The molecule has 2 saturated carbocycles. The van der Waals surface area contributed by atoms with Crippen molar-refractivity contribution in [2.75, 3.05) is 6.54 Å². The van der Waals surface area contributed by atoms with Gasteiger partial charge in [-0.05, 0) is 64.1 Å². The van der Waals surface area contributed by atoms with E-state index in [4.69, 9.17) is 4.74 Å². The van der Waals surface area contributed by atoms with E-state index in [1.54, 1.807) is 0 Å². The Morgan fingerprint density at radius 2 is 1.94 bits per heavy atom. The van der Waals surface area contributed by atoms with Crippen LogP contribution >= 0.6 is 0 Å². The van der Waals surface area contributed by atoms with Gasteiger partial charge in [0.2, 0.25) is 0 Å². The first-order chi connectivity index (χ1) is 8.76. The van der Waals surface area contributed by atoms with E-state index >= 15 is 0 Å². The summed E-state index contributed by atoms with van der Waals surface area (Å²) in [5.74, 6) is 1.03. The zero-order chi connectivity index (χ0) is 12.4. The molecule has 1 aromatic carbocycles. The minimum absolute atomic E-state index is 0.122. The lowest BCUT2D eigenvalue weighted by molar-refractivity contribution is -0.0143. The topological polar surface area (TPSA) is 21.3 Å². The second-order valence-electron chi connectivity index (χ2n) is 5.93. The minimum atomic E-state index is 0.122. The molecule has 0 aromatic heterocycles. The molecule has 0 radical (unpaired) electrons. The Bertz CT molecular complexity index is 390. The Balaban J connectivity index is 1.55. The molecule has 2 aliphatic rings. The van der Waals surface area contributed by atoms with Gasteiger partial charge in [0, 0.05) is 6.04 Å². The summed E-state index contributed by atoms with van der Waals surface area (Å²) in [4.78, 5) is 0. The Morgan fingerprint density at radius 3 is 2.50 bits per heavy atom. The molecule has 0 aliphatic heterocycles. The van der Waals surface area contributed by atoms with Gasteiger partial charge in [0.1, 0.15) is 11.4 Å². The van der Waals surface area contributed by atoms with Crippen LogP contribution in [0.15, 0.2) is 24.3 Å². The molecule has 18 heavy (non-hydrogen) atoms. The Kier molecular flexibility index (Phi) is 3.29. The van der Waals surface area contributed by atoms with E-state index in [0.29, 0.717) is 0 Å². The molecule has 1 aromatic rings. The van der Waals surface area contributed by atoms with Crippen LogP contribution in [0.3, 0.4) is 0 Å². The molecule has 98 valence electrons. The third-order valence-corrected chi connectivity index (χ3v) is 4.21. The van der Waals surface area contributed by atoms with Gasteiger partial charge < -0.3 is 10.1 Å². The van der Waals surface area contributed by atoms with Crippen molar-refractivity contribution in [3.05, 3.63) is 29.8 Å². The molecule has 2 nitrogen and oxygen atoms in total. The molecule has 0 bridgehead atoms. The van der Waals surface area contributed by atoms with E-state index in [0.717, 1.165) is 24.8 Å². The molecule has 0 heterocycles. The molecule has 2 fully saturated rings. The van der Waals surface area contributed by atoms with Crippen LogP contribution in [0.4, 0.5) is 0 Å². The number of aryl methyl sites for hydroxylation is 1. The minimum Gasteiger partial charge on any atom is -0.487 e. The fourth-order valence-corrected chi connectivity index (χ4v) is 2.62. The Labute approximate surface area is 110 Å². The highest BCUT2D eigenvalue weighted by atomic mass is 16.5. The number of hydrogen-bond acceptors (Lipinski definition) is 2. The average Bonchev–Trinajstić information content (AvgIpc) is 3.12. The zero-order valence-corrected chi connectivity index (χ0v) is 11.2. The molecule has 0 atom stereocenters. The van der Waals surface area contributed by atoms with Crippen molar-refractivity contribution in [3.63, 3.8) is 0 Å². The van der Waals surface area contributed by atoms with Gasteiger partial charge in [-0.15, -0.1) is 0 Å². The van der Waals surface area contributed by atoms with Crippen LogP contribution in [0.25, 0.3) is 0 Å². The lowest BCUT2D eigenvalue weighted by Gasteiger charge is -2.42. The monoisotopic (exact) mass is 245 g/mol. The van der Waals surface area contributed by atoms with E-state index in [1.165, 1.54) is 37.7 Å². The predicted molar refractivity (Wildman–Crippen MR) is 74.0 cm³/mol. The summed E-state index contributed by atoms with van der Waals surface area (Å²) >= 11 is 0. The lowest BCUT2D eigenvalue weighted by Crippen LogP contribution is -2.45. The fourth-order valence-electron chi connectivity index (χ4n) is 2.62. The van der Waals surface area contributed by atoms with Gasteiger partial charge in [-0.3, -0.25) is 0 Å². The Morgan fingerprint density at radius 1 is 1.22 bits per heavy atom. The second-order valence-corrected chi connectivity index (χ2v) is 5.93. The first-order valence-electron chi connectivity index (χ1n) is 7.25. The second kappa shape index (κ2) is 4.93. The quantitative estimate of drug-likeness (QED) is 0.829. The first-order valence-corrected chi connectivity index (χ1v) is 7.25. The van der Waals surface area contributed by atoms with E-state index < -0.39 is 0 Å². The maximum absolute atomic E-state index is 6.26. The number of hydrogen-bond donors (Lipinski definition) is 1. The fraction of sp³-hybridized carbons (Fsp3) is 0.625. The van der Waals surface area contributed by atoms with Gasteiger partial charge in [-0.2, -0.15) is 0 Å². The van der Waals surface area contributed by atoms with Gasteiger partial charge in [-0.25, -0.2) is 0 Å².